The van der Waals surface area contributed by atoms with Crippen molar-refractivity contribution in [3.8, 4) is 0 Å². The molecule has 1 aliphatic rings. The Labute approximate surface area is 138 Å². The molecule has 0 spiro atoms. The van der Waals surface area contributed by atoms with E-state index in [-0.39, 0.29) is 5.91 Å². The Morgan fingerprint density at radius 2 is 2.00 bits per heavy atom. The first kappa shape index (κ1) is 17.3. The van der Waals surface area contributed by atoms with E-state index in [1.165, 1.54) is 12.8 Å². The van der Waals surface area contributed by atoms with Crippen molar-refractivity contribution in [2.45, 2.75) is 46.6 Å². The summed E-state index contributed by atoms with van der Waals surface area (Å²) in [5.74, 6) is 0.924. The van der Waals surface area contributed by atoms with Crippen LogP contribution in [0.15, 0.2) is 0 Å². The minimum absolute atomic E-state index is 0.0778. The largest absolute Gasteiger partial charge is 0.355 e. The van der Waals surface area contributed by atoms with Gasteiger partial charge in [0, 0.05) is 19.5 Å². The average Bonchev–Trinajstić information content (AvgIpc) is 2.74. The van der Waals surface area contributed by atoms with E-state index < -0.39 is 0 Å². The van der Waals surface area contributed by atoms with Gasteiger partial charge in [-0.15, -0.1) is 0 Å². The molecule has 0 aliphatic carbocycles. The first-order valence-corrected chi connectivity index (χ1v) is 8.53. The number of aromatic nitrogens is 2. The van der Waals surface area contributed by atoms with Crippen molar-refractivity contribution in [1.82, 2.24) is 20.0 Å². The summed E-state index contributed by atoms with van der Waals surface area (Å²) >= 11 is 6.10. The highest BCUT2D eigenvalue weighted by Crippen LogP contribution is 2.19. The van der Waals surface area contributed by atoms with Crippen molar-refractivity contribution < 1.29 is 4.79 Å². The summed E-state index contributed by atoms with van der Waals surface area (Å²) < 4.78 is 1.81. The van der Waals surface area contributed by atoms with E-state index in [1.807, 2.05) is 18.5 Å². The molecule has 5 nitrogen and oxygen atoms in total. The van der Waals surface area contributed by atoms with Crippen LogP contribution in [-0.2, 0) is 11.3 Å². The number of hydrogen-bond acceptors (Lipinski definition) is 3. The van der Waals surface area contributed by atoms with Gasteiger partial charge in [0.15, 0.2) is 0 Å². The molecule has 0 aromatic carbocycles. The highest BCUT2D eigenvalue weighted by atomic mass is 35.5. The quantitative estimate of drug-likeness (QED) is 0.873. The predicted molar refractivity (Wildman–Crippen MR) is 89.2 cm³/mol. The fraction of sp³-hybridized carbons (Fsp3) is 0.750. The molecule has 1 saturated heterocycles. The molecule has 2 rings (SSSR count). The lowest BCUT2D eigenvalue weighted by molar-refractivity contribution is -0.121. The van der Waals surface area contributed by atoms with Crippen LogP contribution in [0.2, 0.25) is 5.02 Å². The number of carbonyl (C=O) groups is 1. The molecule has 0 bridgehead atoms. The van der Waals surface area contributed by atoms with Gasteiger partial charge in [0.1, 0.15) is 0 Å². The van der Waals surface area contributed by atoms with Crippen LogP contribution in [0, 0.1) is 19.8 Å². The maximum atomic E-state index is 11.9. The molecule has 1 N–H and O–H groups in total. The Kier molecular flexibility index (Phi) is 6.26. The van der Waals surface area contributed by atoms with Gasteiger partial charge in [0.05, 0.1) is 23.0 Å². The number of rotatable bonds is 6. The first-order valence-electron chi connectivity index (χ1n) is 8.16. The Bertz CT molecular complexity index is 506. The number of nitrogens with zero attached hydrogens (tertiary/aromatic N) is 3. The summed E-state index contributed by atoms with van der Waals surface area (Å²) in [5, 5.41) is 8.03. The Balaban J connectivity index is 1.64. The molecule has 1 amide bonds. The van der Waals surface area contributed by atoms with E-state index >= 15 is 0 Å². The van der Waals surface area contributed by atoms with E-state index in [1.54, 1.807) is 0 Å². The molecule has 1 fully saturated rings. The van der Waals surface area contributed by atoms with Crippen molar-refractivity contribution in [3.63, 3.8) is 0 Å². The summed E-state index contributed by atoms with van der Waals surface area (Å²) in [6, 6.07) is 0. The molecular formula is C16H27ClN4O. The molecule has 0 saturated carbocycles. The predicted octanol–water partition coefficient (Wildman–Crippen LogP) is 2.39. The van der Waals surface area contributed by atoms with Gasteiger partial charge in [-0.2, -0.15) is 5.10 Å². The second-order valence-corrected chi connectivity index (χ2v) is 6.71. The van der Waals surface area contributed by atoms with Crippen LogP contribution in [0.4, 0.5) is 0 Å². The summed E-state index contributed by atoms with van der Waals surface area (Å²) in [6.45, 7) is 10.7. The third-order valence-electron chi connectivity index (χ3n) is 4.47. The van der Waals surface area contributed by atoms with Crippen LogP contribution in [-0.4, -0.2) is 46.8 Å². The molecule has 22 heavy (non-hydrogen) atoms. The second-order valence-electron chi connectivity index (χ2n) is 6.33. The number of piperidine rings is 1. The SMILES string of the molecule is Cc1nn(CCC(=O)NCCN2CCC(C)CC2)c(C)c1Cl. The standard InChI is InChI=1S/C16H27ClN4O/c1-12-4-8-20(9-5-12)11-7-18-15(22)6-10-21-14(3)16(17)13(2)19-21/h12H,4-11H2,1-3H3,(H,18,22). The van der Waals surface area contributed by atoms with Gasteiger partial charge in [0.25, 0.3) is 0 Å². The van der Waals surface area contributed by atoms with Gasteiger partial charge >= 0.3 is 0 Å². The van der Waals surface area contributed by atoms with Gasteiger partial charge in [0.2, 0.25) is 5.91 Å². The number of halogens is 1. The zero-order valence-electron chi connectivity index (χ0n) is 13.9. The van der Waals surface area contributed by atoms with Crippen molar-refractivity contribution in [3.05, 3.63) is 16.4 Å². The summed E-state index contributed by atoms with van der Waals surface area (Å²) in [7, 11) is 0. The fourth-order valence-corrected chi connectivity index (χ4v) is 2.96. The van der Waals surface area contributed by atoms with Crippen molar-refractivity contribution in [1.29, 1.82) is 0 Å². The molecule has 124 valence electrons. The lowest BCUT2D eigenvalue weighted by Crippen LogP contribution is -2.39. The molecule has 0 radical (unpaired) electrons. The van der Waals surface area contributed by atoms with E-state index in [9.17, 15) is 4.79 Å². The zero-order chi connectivity index (χ0) is 16.1. The smallest absolute Gasteiger partial charge is 0.221 e. The zero-order valence-corrected chi connectivity index (χ0v) is 14.6. The normalized spacial score (nSPS) is 16.9. The third kappa shape index (κ3) is 4.71. The second kappa shape index (κ2) is 7.97. The van der Waals surface area contributed by atoms with Crippen LogP contribution >= 0.6 is 11.6 Å². The van der Waals surface area contributed by atoms with Gasteiger partial charge in [-0.05, 0) is 45.7 Å². The monoisotopic (exact) mass is 326 g/mol. The van der Waals surface area contributed by atoms with Gasteiger partial charge in [-0.25, -0.2) is 0 Å². The number of nitrogens with one attached hydrogen (secondary N) is 1. The number of carbonyl (C=O) groups excluding carboxylic acids is 1. The summed E-state index contributed by atoms with van der Waals surface area (Å²) in [4.78, 5) is 14.3. The summed E-state index contributed by atoms with van der Waals surface area (Å²) in [6.07, 6.45) is 2.98. The molecule has 1 aromatic heterocycles. The van der Waals surface area contributed by atoms with Gasteiger partial charge < -0.3 is 10.2 Å². The van der Waals surface area contributed by atoms with E-state index in [4.69, 9.17) is 11.6 Å². The Hall–Kier alpha value is -1.07. The van der Waals surface area contributed by atoms with Crippen LogP contribution in [0.3, 0.4) is 0 Å². The number of hydrogen-bond donors (Lipinski definition) is 1. The number of amides is 1. The van der Waals surface area contributed by atoms with Crippen LogP contribution in [0.5, 0.6) is 0 Å². The molecule has 1 aromatic rings. The average molecular weight is 327 g/mol. The minimum atomic E-state index is 0.0778. The summed E-state index contributed by atoms with van der Waals surface area (Å²) in [5.41, 5.74) is 1.74. The third-order valence-corrected chi connectivity index (χ3v) is 5.02. The molecule has 6 heteroatoms. The van der Waals surface area contributed by atoms with Crippen molar-refractivity contribution >= 4 is 17.5 Å². The molecule has 2 heterocycles. The highest BCUT2D eigenvalue weighted by molar-refractivity contribution is 6.31. The van der Waals surface area contributed by atoms with Crippen molar-refractivity contribution in [2.24, 2.45) is 5.92 Å². The topological polar surface area (TPSA) is 50.2 Å². The minimum Gasteiger partial charge on any atom is -0.355 e. The lowest BCUT2D eigenvalue weighted by atomic mass is 9.99. The molecule has 0 unspecified atom stereocenters. The Morgan fingerprint density at radius 3 is 2.59 bits per heavy atom. The lowest BCUT2D eigenvalue weighted by Gasteiger charge is -2.30. The van der Waals surface area contributed by atoms with Gasteiger partial charge in [-0.1, -0.05) is 18.5 Å². The first-order chi connectivity index (χ1) is 10.5. The Morgan fingerprint density at radius 1 is 1.32 bits per heavy atom. The highest BCUT2D eigenvalue weighted by Gasteiger charge is 2.15. The van der Waals surface area contributed by atoms with Crippen LogP contribution < -0.4 is 5.32 Å². The van der Waals surface area contributed by atoms with Gasteiger partial charge in [-0.3, -0.25) is 9.48 Å². The van der Waals surface area contributed by atoms with Crippen molar-refractivity contribution in [2.75, 3.05) is 26.2 Å². The van der Waals surface area contributed by atoms with E-state index in [2.05, 4.69) is 22.2 Å². The number of aryl methyl sites for hydroxylation is 2. The molecule has 0 atom stereocenters. The van der Waals surface area contributed by atoms with E-state index in [0.29, 0.717) is 18.0 Å². The van der Waals surface area contributed by atoms with Crippen LogP contribution in [0.25, 0.3) is 0 Å². The maximum Gasteiger partial charge on any atom is 0.221 e. The van der Waals surface area contributed by atoms with Crippen LogP contribution in [0.1, 0.15) is 37.6 Å². The van der Waals surface area contributed by atoms with E-state index in [0.717, 1.165) is 43.5 Å². The molecular weight excluding hydrogens is 300 g/mol. The number of likely N-dealkylation sites (tertiary alicyclic amines) is 1. The maximum absolute atomic E-state index is 11.9. The molecule has 1 aliphatic heterocycles. The fourth-order valence-electron chi connectivity index (χ4n) is 2.83.